The summed E-state index contributed by atoms with van der Waals surface area (Å²) in [6.07, 6.45) is 0. The maximum Gasteiger partial charge on any atom is 0.241 e. The van der Waals surface area contributed by atoms with Crippen molar-refractivity contribution < 1.29 is 12.8 Å². The van der Waals surface area contributed by atoms with Gasteiger partial charge in [-0.2, -0.15) is 0 Å². The molecule has 0 bridgehead atoms. The van der Waals surface area contributed by atoms with Crippen LogP contribution in [-0.2, 0) is 10.0 Å². The molecule has 0 radical (unpaired) electrons. The number of sulfonamides is 1. The highest BCUT2D eigenvalue weighted by molar-refractivity contribution is 9.10. The number of halogens is 2. The van der Waals surface area contributed by atoms with Gasteiger partial charge in [0, 0.05) is 17.1 Å². The van der Waals surface area contributed by atoms with Crippen LogP contribution in [0.3, 0.4) is 0 Å². The van der Waals surface area contributed by atoms with Gasteiger partial charge in [-0.05, 0) is 40.0 Å². The molecule has 0 fully saturated rings. The summed E-state index contributed by atoms with van der Waals surface area (Å²) in [4.78, 5) is 0.00278. The Morgan fingerprint density at radius 1 is 1.44 bits per heavy atom. The van der Waals surface area contributed by atoms with Crippen LogP contribution in [0.15, 0.2) is 27.6 Å². The molecule has 0 aliphatic heterocycles. The van der Waals surface area contributed by atoms with Crippen LogP contribution in [0.2, 0.25) is 0 Å². The predicted molar refractivity (Wildman–Crippen MR) is 72.1 cm³/mol. The Labute approximate surface area is 115 Å². The second kappa shape index (κ2) is 6.10. The molecule has 4 nitrogen and oxygen atoms in total. The van der Waals surface area contributed by atoms with E-state index in [0.717, 1.165) is 12.1 Å². The summed E-state index contributed by atoms with van der Waals surface area (Å²) < 4.78 is 39.9. The lowest BCUT2D eigenvalue weighted by atomic mass is 10.1. The summed E-state index contributed by atoms with van der Waals surface area (Å²) in [5, 5.41) is 0. The van der Waals surface area contributed by atoms with E-state index < -0.39 is 15.8 Å². The van der Waals surface area contributed by atoms with Crippen LogP contribution >= 0.6 is 15.9 Å². The van der Waals surface area contributed by atoms with E-state index in [1.54, 1.807) is 0 Å². The van der Waals surface area contributed by atoms with Crippen molar-refractivity contribution in [3.05, 3.63) is 28.5 Å². The number of hydrogen-bond donors (Lipinski definition) is 2. The minimum Gasteiger partial charge on any atom is -0.329 e. The number of hydrogen-bond acceptors (Lipinski definition) is 3. The van der Waals surface area contributed by atoms with Crippen molar-refractivity contribution in [3.63, 3.8) is 0 Å². The molecule has 0 aliphatic rings. The van der Waals surface area contributed by atoms with Crippen LogP contribution < -0.4 is 10.5 Å². The Kier molecular flexibility index (Phi) is 5.27. The van der Waals surface area contributed by atoms with Crippen molar-refractivity contribution in [2.45, 2.75) is 24.8 Å². The standard InChI is InChI=1S/C11H16BrFN2O2S/c1-7(2)10(6-14)15-18(16,17)11-4-3-8(13)5-9(11)12/h3-5,7,10,15H,6,14H2,1-2H3. The number of nitrogens with one attached hydrogen (secondary N) is 1. The number of nitrogens with two attached hydrogens (primary N) is 1. The van der Waals surface area contributed by atoms with Crippen molar-refractivity contribution in [2.75, 3.05) is 6.54 Å². The van der Waals surface area contributed by atoms with Crippen LogP contribution in [-0.4, -0.2) is 21.0 Å². The van der Waals surface area contributed by atoms with Gasteiger partial charge in [-0.15, -0.1) is 0 Å². The van der Waals surface area contributed by atoms with Crippen LogP contribution in [0.4, 0.5) is 4.39 Å². The van der Waals surface area contributed by atoms with Crippen LogP contribution in [0.1, 0.15) is 13.8 Å². The minimum absolute atomic E-state index is 0.00278. The summed E-state index contributed by atoms with van der Waals surface area (Å²) in [5.41, 5.74) is 5.52. The SMILES string of the molecule is CC(C)C(CN)NS(=O)(=O)c1ccc(F)cc1Br. The molecule has 0 spiro atoms. The zero-order chi connectivity index (χ0) is 13.9. The number of rotatable bonds is 5. The van der Waals surface area contributed by atoms with E-state index >= 15 is 0 Å². The van der Waals surface area contributed by atoms with Gasteiger partial charge in [0.2, 0.25) is 10.0 Å². The molecular weight excluding hydrogens is 323 g/mol. The molecule has 0 amide bonds. The molecule has 1 aromatic carbocycles. The second-order valence-corrected chi connectivity index (χ2v) is 6.82. The third kappa shape index (κ3) is 3.74. The van der Waals surface area contributed by atoms with Gasteiger partial charge in [-0.3, -0.25) is 0 Å². The molecule has 1 unspecified atom stereocenters. The van der Waals surface area contributed by atoms with E-state index in [1.165, 1.54) is 6.07 Å². The van der Waals surface area contributed by atoms with Gasteiger partial charge in [0.05, 0.1) is 4.90 Å². The molecule has 0 saturated heterocycles. The first kappa shape index (κ1) is 15.6. The second-order valence-electron chi connectivity index (χ2n) is 4.28. The Hall–Kier alpha value is -0.500. The van der Waals surface area contributed by atoms with Gasteiger partial charge in [-0.1, -0.05) is 13.8 Å². The molecule has 0 aliphatic carbocycles. The average Bonchev–Trinajstić information content (AvgIpc) is 2.24. The maximum atomic E-state index is 12.9. The van der Waals surface area contributed by atoms with Gasteiger partial charge in [0.15, 0.2) is 0 Å². The largest absolute Gasteiger partial charge is 0.329 e. The maximum absolute atomic E-state index is 12.9. The highest BCUT2D eigenvalue weighted by atomic mass is 79.9. The lowest BCUT2D eigenvalue weighted by Crippen LogP contribution is -2.43. The van der Waals surface area contributed by atoms with E-state index in [0.29, 0.717) is 0 Å². The summed E-state index contributed by atoms with van der Waals surface area (Å²) in [6, 6.07) is 3.08. The van der Waals surface area contributed by atoms with Gasteiger partial charge >= 0.3 is 0 Å². The lowest BCUT2D eigenvalue weighted by Gasteiger charge is -2.20. The first-order chi connectivity index (χ1) is 8.27. The van der Waals surface area contributed by atoms with Crippen molar-refractivity contribution in [2.24, 2.45) is 11.7 Å². The Balaban J connectivity index is 3.06. The van der Waals surface area contributed by atoms with Gasteiger partial charge in [0.25, 0.3) is 0 Å². The molecule has 3 N–H and O–H groups in total. The van der Waals surface area contributed by atoms with Crippen molar-refractivity contribution in [1.29, 1.82) is 0 Å². The molecular formula is C11H16BrFN2O2S. The molecule has 0 saturated carbocycles. The van der Waals surface area contributed by atoms with Crippen molar-refractivity contribution >= 4 is 26.0 Å². The Morgan fingerprint density at radius 2 is 2.06 bits per heavy atom. The third-order valence-corrected chi connectivity index (χ3v) is 5.02. The Morgan fingerprint density at radius 3 is 2.50 bits per heavy atom. The highest BCUT2D eigenvalue weighted by Gasteiger charge is 2.23. The fourth-order valence-corrected chi connectivity index (χ4v) is 3.86. The summed E-state index contributed by atoms with van der Waals surface area (Å²) in [6.45, 7) is 3.95. The van der Waals surface area contributed by atoms with E-state index in [-0.39, 0.29) is 27.9 Å². The van der Waals surface area contributed by atoms with Crippen LogP contribution in [0, 0.1) is 11.7 Å². The molecule has 0 aromatic heterocycles. The average molecular weight is 339 g/mol. The van der Waals surface area contributed by atoms with Crippen molar-refractivity contribution in [1.82, 2.24) is 4.72 Å². The molecule has 0 heterocycles. The molecule has 1 rings (SSSR count). The third-order valence-electron chi connectivity index (χ3n) is 2.55. The molecule has 7 heteroatoms. The van der Waals surface area contributed by atoms with E-state index in [4.69, 9.17) is 5.73 Å². The van der Waals surface area contributed by atoms with Gasteiger partial charge < -0.3 is 5.73 Å². The number of benzene rings is 1. The first-order valence-corrected chi connectivity index (χ1v) is 7.73. The van der Waals surface area contributed by atoms with Crippen LogP contribution in [0.5, 0.6) is 0 Å². The summed E-state index contributed by atoms with van der Waals surface area (Å²) in [5.74, 6) is -0.427. The zero-order valence-electron chi connectivity index (χ0n) is 10.2. The fraction of sp³-hybridized carbons (Fsp3) is 0.455. The van der Waals surface area contributed by atoms with E-state index in [9.17, 15) is 12.8 Å². The molecule has 18 heavy (non-hydrogen) atoms. The first-order valence-electron chi connectivity index (χ1n) is 5.45. The monoisotopic (exact) mass is 338 g/mol. The highest BCUT2D eigenvalue weighted by Crippen LogP contribution is 2.23. The van der Waals surface area contributed by atoms with Gasteiger partial charge in [0.1, 0.15) is 5.82 Å². The van der Waals surface area contributed by atoms with Gasteiger partial charge in [-0.25, -0.2) is 17.5 Å². The zero-order valence-corrected chi connectivity index (χ0v) is 12.6. The topological polar surface area (TPSA) is 72.2 Å². The molecule has 1 atom stereocenters. The molecule has 1 aromatic rings. The lowest BCUT2D eigenvalue weighted by molar-refractivity contribution is 0.454. The van der Waals surface area contributed by atoms with E-state index in [1.807, 2.05) is 13.8 Å². The quantitative estimate of drug-likeness (QED) is 0.860. The summed E-state index contributed by atoms with van der Waals surface area (Å²) >= 11 is 3.04. The molecule has 102 valence electrons. The van der Waals surface area contributed by atoms with E-state index in [2.05, 4.69) is 20.7 Å². The Bertz CT molecular complexity index is 520. The van der Waals surface area contributed by atoms with Crippen LogP contribution in [0.25, 0.3) is 0 Å². The smallest absolute Gasteiger partial charge is 0.241 e. The fourth-order valence-electron chi connectivity index (χ4n) is 1.41. The minimum atomic E-state index is -3.71. The predicted octanol–water partition coefficient (Wildman–Crippen LogP) is 1.85. The van der Waals surface area contributed by atoms with Crippen molar-refractivity contribution in [3.8, 4) is 0 Å². The summed E-state index contributed by atoms with van der Waals surface area (Å²) in [7, 11) is -3.71. The normalized spacial score (nSPS) is 13.9.